The lowest BCUT2D eigenvalue weighted by Gasteiger charge is -2.25. The topological polar surface area (TPSA) is 29.5 Å². The minimum Gasteiger partial charge on any atom is -0.489 e. The molecule has 0 saturated carbocycles. The first-order valence-corrected chi connectivity index (χ1v) is 8.82. The third kappa shape index (κ3) is 3.58. The molecule has 1 atom stereocenters. The summed E-state index contributed by atoms with van der Waals surface area (Å²) in [4.78, 5) is 0. The molecule has 0 spiro atoms. The van der Waals surface area contributed by atoms with Crippen LogP contribution in [0, 0.1) is 0 Å². The highest BCUT2D eigenvalue weighted by molar-refractivity contribution is 7.80. The molecule has 124 valence electrons. The quantitative estimate of drug-likeness (QED) is 0.623. The molecule has 3 rings (SSSR count). The highest BCUT2D eigenvalue weighted by Crippen LogP contribution is 2.29. The molecular formula is C21H22O2S. The van der Waals surface area contributed by atoms with Gasteiger partial charge in [-0.15, -0.1) is 0 Å². The van der Waals surface area contributed by atoms with E-state index in [1.54, 1.807) is 0 Å². The molecule has 3 aromatic rings. The van der Waals surface area contributed by atoms with Gasteiger partial charge < -0.3 is 9.84 Å². The summed E-state index contributed by atoms with van der Waals surface area (Å²) in [5.74, 6) is 1.15. The molecule has 0 amide bonds. The fourth-order valence-corrected chi connectivity index (χ4v) is 3.18. The Morgan fingerprint density at radius 3 is 2.50 bits per heavy atom. The zero-order valence-corrected chi connectivity index (χ0v) is 14.7. The van der Waals surface area contributed by atoms with Gasteiger partial charge in [-0.2, -0.15) is 12.6 Å². The fraction of sp³-hybridized carbons (Fsp3) is 0.238. The van der Waals surface area contributed by atoms with Crippen LogP contribution in [0.15, 0.2) is 66.7 Å². The van der Waals surface area contributed by atoms with E-state index in [0.29, 0.717) is 18.8 Å². The summed E-state index contributed by atoms with van der Waals surface area (Å²) in [5.41, 5.74) is 1.06. The molecule has 0 aliphatic carbocycles. The van der Waals surface area contributed by atoms with Gasteiger partial charge in [0.1, 0.15) is 12.4 Å². The summed E-state index contributed by atoms with van der Waals surface area (Å²) in [5, 5.41) is 13.0. The summed E-state index contributed by atoms with van der Waals surface area (Å²) in [7, 11) is 0. The van der Waals surface area contributed by atoms with Crippen molar-refractivity contribution in [2.75, 3.05) is 5.75 Å². The summed E-state index contributed by atoms with van der Waals surface area (Å²) < 4.78 is 5.93. The van der Waals surface area contributed by atoms with Crippen molar-refractivity contribution < 1.29 is 9.84 Å². The van der Waals surface area contributed by atoms with Crippen LogP contribution in [-0.4, -0.2) is 10.9 Å². The Hall–Kier alpha value is -1.97. The lowest BCUT2D eigenvalue weighted by Crippen LogP contribution is -2.26. The summed E-state index contributed by atoms with van der Waals surface area (Å²) in [6, 6.07) is 22.3. The largest absolute Gasteiger partial charge is 0.489 e. The molecule has 1 unspecified atom stereocenters. The molecule has 2 nitrogen and oxygen atoms in total. The van der Waals surface area contributed by atoms with Gasteiger partial charge in [0, 0.05) is 5.75 Å². The van der Waals surface area contributed by atoms with Crippen LogP contribution in [0.2, 0.25) is 0 Å². The van der Waals surface area contributed by atoms with E-state index in [2.05, 4.69) is 43.0 Å². The highest BCUT2D eigenvalue weighted by Gasteiger charge is 2.25. The average molecular weight is 338 g/mol. The normalized spacial score (nSPS) is 13.6. The number of ether oxygens (including phenoxy) is 1. The van der Waals surface area contributed by atoms with E-state index in [1.165, 1.54) is 10.8 Å². The molecule has 1 N–H and O–H groups in total. The first kappa shape index (κ1) is 16.9. The molecule has 0 radical (unpaired) electrons. The Balaban J connectivity index is 1.76. The van der Waals surface area contributed by atoms with E-state index in [-0.39, 0.29) is 0 Å². The third-order valence-electron chi connectivity index (χ3n) is 4.44. The number of aliphatic hydroxyl groups is 1. The van der Waals surface area contributed by atoms with E-state index in [4.69, 9.17) is 4.74 Å². The number of hydrogen-bond donors (Lipinski definition) is 2. The van der Waals surface area contributed by atoms with E-state index in [1.807, 2.05) is 43.3 Å². The predicted molar refractivity (Wildman–Crippen MR) is 103 cm³/mol. The summed E-state index contributed by atoms with van der Waals surface area (Å²) in [6.07, 6.45) is 0.616. The van der Waals surface area contributed by atoms with Crippen LogP contribution in [0.4, 0.5) is 0 Å². The molecule has 0 aromatic heterocycles. The van der Waals surface area contributed by atoms with Crippen LogP contribution in [0.5, 0.6) is 5.75 Å². The van der Waals surface area contributed by atoms with Crippen molar-refractivity contribution in [3.63, 3.8) is 0 Å². The van der Waals surface area contributed by atoms with Gasteiger partial charge in [0.15, 0.2) is 0 Å². The van der Waals surface area contributed by atoms with Gasteiger partial charge in [0.25, 0.3) is 0 Å². The fourth-order valence-electron chi connectivity index (χ4n) is 2.78. The standard InChI is InChI=1S/C21H22O2S/c1-2-21(22,15-24)19-8-5-9-20(13-19)23-14-16-10-11-17-6-3-4-7-18(17)12-16/h3-13,22,24H,2,14-15H2,1H3. The number of fused-ring (bicyclic) bond motifs is 1. The SMILES string of the molecule is CCC(O)(CS)c1cccc(OCc2ccc3ccccc3c2)c1. The first-order valence-electron chi connectivity index (χ1n) is 8.19. The van der Waals surface area contributed by atoms with Crippen molar-refractivity contribution in [3.8, 4) is 5.75 Å². The number of rotatable bonds is 6. The Kier molecular flexibility index (Phi) is 5.12. The minimum absolute atomic E-state index is 0.387. The molecule has 0 fully saturated rings. The zero-order chi connectivity index (χ0) is 17.0. The molecule has 0 heterocycles. The lowest BCUT2D eigenvalue weighted by atomic mass is 9.93. The van der Waals surface area contributed by atoms with Crippen molar-refractivity contribution in [2.45, 2.75) is 25.6 Å². The second kappa shape index (κ2) is 7.29. The van der Waals surface area contributed by atoms with Crippen molar-refractivity contribution in [2.24, 2.45) is 0 Å². The molecule has 24 heavy (non-hydrogen) atoms. The maximum atomic E-state index is 10.6. The van der Waals surface area contributed by atoms with Crippen LogP contribution in [0.1, 0.15) is 24.5 Å². The minimum atomic E-state index is -0.911. The molecule has 0 bridgehead atoms. The van der Waals surface area contributed by atoms with Gasteiger partial charge in [0.05, 0.1) is 5.60 Å². The van der Waals surface area contributed by atoms with E-state index in [0.717, 1.165) is 16.9 Å². The summed E-state index contributed by atoms with van der Waals surface area (Å²) in [6.45, 7) is 2.46. The zero-order valence-electron chi connectivity index (χ0n) is 13.8. The average Bonchev–Trinajstić information content (AvgIpc) is 2.65. The summed E-state index contributed by atoms with van der Waals surface area (Å²) >= 11 is 4.28. The van der Waals surface area contributed by atoms with Crippen LogP contribution in [0.25, 0.3) is 10.8 Å². The number of hydrogen-bond acceptors (Lipinski definition) is 3. The van der Waals surface area contributed by atoms with Crippen molar-refractivity contribution in [1.29, 1.82) is 0 Å². The maximum Gasteiger partial charge on any atom is 0.120 e. The first-order chi connectivity index (χ1) is 11.6. The Morgan fingerprint density at radius 1 is 0.958 bits per heavy atom. The van der Waals surface area contributed by atoms with Crippen LogP contribution < -0.4 is 4.74 Å². The second-order valence-electron chi connectivity index (χ2n) is 6.04. The van der Waals surface area contributed by atoms with E-state index >= 15 is 0 Å². The molecule has 0 saturated heterocycles. The second-order valence-corrected chi connectivity index (χ2v) is 6.36. The molecule has 3 aromatic carbocycles. The Labute approximate surface area is 148 Å². The smallest absolute Gasteiger partial charge is 0.120 e. The lowest BCUT2D eigenvalue weighted by molar-refractivity contribution is 0.0584. The molecular weight excluding hydrogens is 316 g/mol. The van der Waals surface area contributed by atoms with Crippen molar-refractivity contribution in [3.05, 3.63) is 77.9 Å². The number of benzene rings is 3. The van der Waals surface area contributed by atoms with Crippen molar-refractivity contribution in [1.82, 2.24) is 0 Å². The van der Waals surface area contributed by atoms with Crippen molar-refractivity contribution >= 4 is 23.4 Å². The Bertz CT molecular complexity index is 825. The number of thiol groups is 1. The van der Waals surface area contributed by atoms with Gasteiger partial charge in [-0.1, -0.05) is 55.5 Å². The third-order valence-corrected chi connectivity index (χ3v) is 4.96. The van der Waals surface area contributed by atoms with Crippen LogP contribution >= 0.6 is 12.6 Å². The van der Waals surface area contributed by atoms with Gasteiger partial charge in [-0.3, -0.25) is 0 Å². The molecule has 3 heteroatoms. The molecule has 0 aliphatic heterocycles. The van der Waals surface area contributed by atoms with E-state index in [9.17, 15) is 5.11 Å². The van der Waals surface area contributed by atoms with Gasteiger partial charge in [-0.25, -0.2) is 0 Å². The Morgan fingerprint density at radius 2 is 1.75 bits per heavy atom. The van der Waals surface area contributed by atoms with E-state index < -0.39 is 5.60 Å². The predicted octanol–water partition coefficient (Wildman–Crippen LogP) is 4.95. The van der Waals surface area contributed by atoms with Gasteiger partial charge in [-0.05, 0) is 46.5 Å². The maximum absolute atomic E-state index is 10.6. The molecule has 0 aliphatic rings. The van der Waals surface area contributed by atoms with Crippen LogP contribution in [0.3, 0.4) is 0 Å². The monoisotopic (exact) mass is 338 g/mol. The van der Waals surface area contributed by atoms with Gasteiger partial charge >= 0.3 is 0 Å². The highest BCUT2D eigenvalue weighted by atomic mass is 32.1. The van der Waals surface area contributed by atoms with Crippen LogP contribution in [-0.2, 0) is 12.2 Å². The van der Waals surface area contributed by atoms with Gasteiger partial charge in [0.2, 0.25) is 0 Å².